The molecule has 7 nitrogen and oxygen atoms in total. The minimum Gasteiger partial charge on any atom is -0.355 e. The Hall–Kier alpha value is -2.65. The Bertz CT molecular complexity index is 1060. The molecule has 1 N–H and O–H groups in total. The van der Waals surface area contributed by atoms with Gasteiger partial charge in [0.25, 0.3) is 0 Å². The van der Waals surface area contributed by atoms with Gasteiger partial charge in [-0.2, -0.15) is 0 Å². The van der Waals surface area contributed by atoms with Crippen molar-refractivity contribution in [1.82, 2.24) is 10.2 Å². The van der Waals surface area contributed by atoms with Gasteiger partial charge in [-0.05, 0) is 61.7 Å². The van der Waals surface area contributed by atoms with Crippen LogP contribution in [0.1, 0.15) is 38.7 Å². The molecule has 0 aliphatic rings. The lowest BCUT2D eigenvalue weighted by Gasteiger charge is -2.31. The minimum absolute atomic E-state index is 0.0384. The monoisotopic (exact) mass is 511 g/mol. The maximum atomic E-state index is 13.3. The van der Waals surface area contributed by atoms with Crippen LogP contribution in [0.15, 0.2) is 48.5 Å². The zero-order valence-corrected chi connectivity index (χ0v) is 21.2. The molecule has 0 spiro atoms. The molecular weight excluding hydrogens is 481 g/mol. The van der Waals surface area contributed by atoms with Crippen LogP contribution in [0.5, 0.6) is 0 Å². The molecule has 0 bridgehead atoms. The van der Waals surface area contributed by atoms with E-state index in [0.29, 0.717) is 23.7 Å². The third kappa shape index (κ3) is 7.99. The second-order valence-corrected chi connectivity index (χ2v) is 10.2. The fraction of sp³-hybridized carbons (Fsp3) is 0.417. The first-order chi connectivity index (χ1) is 16.1. The Morgan fingerprint density at radius 1 is 1.06 bits per heavy atom. The third-order valence-corrected chi connectivity index (χ3v) is 6.72. The van der Waals surface area contributed by atoms with Gasteiger partial charge in [0.15, 0.2) is 0 Å². The molecule has 10 heteroatoms. The molecule has 2 aromatic carbocycles. The lowest BCUT2D eigenvalue weighted by molar-refractivity contribution is -0.141. The molecule has 0 saturated carbocycles. The van der Waals surface area contributed by atoms with E-state index in [-0.39, 0.29) is 37.7 Å². The number of anilines is 1. The van der Waals surface area contributed by atoms with E-state index in [4.69, 9.17) is 11.6 Å². The van der Waals surface area contributed by atoms with Gasteiger partial charge < -0.3 is 10.2 Å². The molecule has 0 heterocycles. The first-order valence-electron chi connectivity index (χ1n) is 11.1. The van der Waals surface area contributed by atoms with E-state index >= 15 is 0 Å². The van der Waals surface area contributed by atoms with Crippen LogP contribution in [0.3, 0.4) is 0 Å². The number of halogens is 2. The zero-order valence-electron chi connectivity index (χ0n) is 19.6. The molecule has 34 heavy (non-hydrogen) atoms. The maximum Gasteiger partial charge on any atom is 0.242 e. The molecule has 0 aliphatic carbocycles. The summed E-state index contributed by atoms with van der Waals surface area (Å²) in [4.78, 5) is 27.4. The van der Waals surface area contributed by atoms with Gasteiger partial charge in [0, 0.05) is 31.1 Å². The number of hydrogen-bond donors (Lipinski definition) is 1. The molecule has 1 unspecified atom stereocenters. The van der Waals surface area contributed by atoms with Crippen molar-refractivity contribution in [2.24, 2.45) is 0 Å². The number of nitrogens with zero attached hydrogens (tertiary/aromatic N) is 2. The van der Waals surface area contributed by atoms with Crippen molar-refractivity contribution in [3.8, 4) is 0 Å². The summed E-state index contributed by atoms with van der Waals surface area (Å²) in [5, 5.41) is 3.34. The predicted molar refractivity (Wildman–Crippen MR) is 133 cm³/mol. The highest BCUT2D eigenvalue weighted by Crippen LogP contribution is 2.20. The van der Waals surface area contributed by atoms with Crippen molar-refractivity contribution in [3.63, 3.8) is 0 Å². The summed E-state index contributed by atoms with van der Waals surface area (Å²) < 4.78 is 39.0. The summed E-state index contributed by atoms with van der Waals surface area (Å²) >= 11 is 5.97. The summed E-state index contributed by atoms with van der Waals surface area (Å²) in [5.41, 5.74) is 1.15. The van der Waals surface area contributed by atoms with Crippen molar-refractivity contribution in [3.05, 3.63) is 64.9 Å². The highest BCUT2D eigenvalue weighted by molar-refractivity contribution is 7.92. The predicted octanol–water partition coefficient (Wildman–Crippen LogP) is 3.97. The standard InChI is InChI=1S/C24H31ClFN3O4S/c1-4-22(24(31)27-5-2)28(17-18-8-10-19(25)11-9-18)23(30)7-6-16-29(34(3,32)33)21-14-12-20(26)13-15-21/h8-15,22H,4-7,16-17H2,1-3H3,(H,27,31). The second-order valence-electron chi connectivity index (χ2n) is 7.88. The zero-order chi connectivity index (χ0) is 25.3. The number of benzene rings is 2. The average Bonchev–Trinajstić information content (AvgIpc) is 2.78. The Morgan fingerprint density at radius 2 is 1.68 bits per heavy atom. The molecule has 0 aromatic heterocycles. The van der Waals surface area contributed by atoms with Crippen molar-refractivity contribution in [1.29, 1.82) is 0 Å². The lowest BCUT2D eigenvalue weighted by Crippen LogP contribution is -2.49. The highest BCUT2D eigenvalue weighted by atomic mass is 35.5. The summed E-state index contributed by atoms with van der Waals surface area (Å²) in [7, 11) is -3.63. The SMILES string of the molecule is CCNC(=O)C(CC)N(Cc1ccc(Cl)cc1)C(=O)CCCN(c1ccc(F)cc1)S(C)(=O)=O. The summed E-state index contributed by atoms with van der Waals surface area (Å²) in [6.07, 6.45) is 1.76. The average molecular weight is 512 g/mol. The number of sulfonamides is 1. The van der Waals surface area contributed by atoms with Crippen molar-refractivity contribution in [2.75, 3.05) is 23.7 Å². The molecule has 186 valence electrons. The number of hydrogen-bond acceptors (Lipinski definition) is 4. The molecule has 0 saturated heterocycles. The Kier molecular flexibility index (Phi) is 10.3. The lowest BCUT2D eigenvalue weighted by atomic mass is 10.1. The molecular formula is C24H31ClFN3O4S. The Morgan fingerprint density at radius 3 is 2.21 bits per heavy atom. The van der Waals surface area contributed by atoms with E-state index < -0.39 is 21.9 Å². The van der Waals surface area contributed by atoms with Crippen LogP contribution in [0.25, 0.3) is 0 Å². The van der Waals surface area contributed by atoms with E-state index in [0.717, 1.165) is 16.1 Å². The van der Waals surface area contributed by atoms with Gasteiger partial charge in [-0.1, -0.05) is 30.7 Å². The molecule has 0 radical (unpaired) electrons. The normalized spacial score (nSPS) is 12.1. The number of amides is 2. The smallest absolute Gasteiger partial charge is 0.242 e. The van der Waals surface area contributed by atoms with Crippen LogP contribution in [0.2, 0.25) is 5.02 Å². The minimum atomic E-state index is -3.63. The fourth-order valence-electron chi connectivity index (χ4n) is 3.61. The third-order valence-electron chi connectivity index (χ3n) is 5.27. The van der Waals surface area contributed by atoms with Crippen LogP contribution < -0.4 is 9.62 Å². The van der Waals surface area contributed by atoms with Crippen molar-refractivity contribution >= 4 is 39.1 Å². The molecule has 0 fully saturated rings. The van der Waals surface area contributed by atoms with Gasteiger partial charge in [0.1, 0.15) is 11.9 Å². The van der Waals surface area contributed by atoms with Crippen LogP contribution in [0, 0.1) is 5.82 Å². The summed E-state index contributed by atoms with van der Waals surface area (Å²) in [6.45, 7) is 4.36. The van der Waals surface area contributed by atoms with Gasteiger partial charge in [-0.3, -0.25) is 13.9 Å². The van der Waals surface area contributed by atoms with Gasteiger partial charge in [0.05, 0.1) is 11.9 Å². The van der Waals surface area contributed by atoms with Crippen LogP contribution in [-0.2, 0) is 26.2 Å². The number of rotatable bonds is 12. The van der Waals surface area contributed by atoms with Gasteiger partial charge >= 0.3 is 0 Å². The number of carbonyl (C=O) groups is 2. The Balaban J connectivity index is 2.18. The quantitative estimate of drug-likeness (QED) is 0.467. The van der Waals surface area contributed by atoms with Crippen LogP contribution in [-0.4, -0.2) is 50.5 Å². The second kappa shape index (κ2) is 12.7. The highest BCUT2D eigenvalue weighted by Gasteiger charge is 2.28. The van der Waals surface area contributed by atoms with Gasteiger partial charge in [-0.15, -0.1) is 0 Å². The molecule has 2 amide bonds. The molecule has 2 aromatic rings. The molecule has 0 aliphatic heterocycles. The van der Waals surface area contributed by atoms with E-state index in [1.54, 1.807) is 24.3 Å². The van der Waals surface area contributed by atoms with Crippen molar-refractivity contribution in [2.45, 2.75) is 45.7 Å². The van der Waals surface area contributed by atoms with Crippen LogP contribution in [0.4, 0.5) is 10.1 Å². The first-order valence-corrected chi connectivity index (χ1v) is 13.3. The van der Waals surface area contributed by atoms with Crippen molar-refractivity contribution < 1.29 is 22.4 Å². The van der Waals surface area contributed by atoms with E-state index in [9.17, 15) is 22.4 Å². The summed E-state index contributed by atoms with van der Waals surface area (Å²) in [5.74, 6) is -0.974. The maximum absolute atomic E-state index is 13.3. The van der Waals surface area contributed by atoms with Gasteiger partial charge in [0.2, 0.25) is 21.8 Å². The number of likely N-dealkylation sites (N-methyl/N-ethyl adjacent to an activating group) is 1. The topological polar surface area (TPSA) is 86.8 Å². The van der Waals surface area contributed by atoms with Crippen LogP contribution >= 0.6 is 11.6 Å². The molecule has 1 atom stereocenters. The van der Waals surface area contributed by atoms with E-state index in [2.05, 4.69) is 5.32 Å². The number of carbonyl (C=O) groups excluding carboxylic acids is 2. The Labute approximate surface area is 205 Å². The summed E-state index contributed by atoms with van der Waals surface area (Å²) in [6, 6.07) is 11.5. The van der Waals surface area contributed by atoms with E-state index in [1.165, 1.54) is 29.2 Å². The number of nitrogens with one attached hydrogen (secondary N) is 1. The first kappa shape index (κ1) is 27.6. The fourth-order valence-corrected chi connectivity index (χ4v) is 4.70. The largest absolute Gasteiger partial charge is 0.355 e. The molecule has 2 rings (SSSR count). The van der Waals surface area contributed by atoms with E-state index in [1.807, 2.05) is 13.8 Å². The van der Waals surface area contributed by atoms with Gasteiger partial charge in [-0.25, -0.2) is 12.8 Å².